The van der Waals surface area contributed by atoms with E-state index in [0.29, 0.717) is 0 Å². The number of nitrogens with two attached hydrogens (primary N) is 1. The molecule has 0 amide bonds. The number of imidazole rings is 1. The molecule has 18 heteroatoms. The number of aliphatic hydroxyl groups is 2. The molecule has 0 bridgehead atoms. The summed E-state index contributed by atoms with van der Waals surface area (Å²) in [5.74, 6) is -0.565. The summed E-state index contributed by atoms with van der Waals surface area (Å²) < 4.78 is 37.6. The molecule has 41 heavy (non-hydrogen) atoms. The zero-order valence-corrected chi connectivity index (χ0v) is 23.5. The Kier molecular flexibility index (Phi) is 8.52. The van der Waals surface area contributed by atoms with Gasteiger partial charge in [-0.1, -0.05) is 23.3 Å². The molecule has 3 heterocycles. The Morgan fingerprint density at radius 1 is 1.32 bits per heavy atom. The first-order valence-electron chi connectivity index (χ1n) is 12.3. The number of azide groups is 1. The lowest BCUT2D eigenvalue weighted by Gasteiger charge is -2.30. The number of para-hydroxylation sites is 1. The maximum atomic E-state index is 13.9. The van der Waals surface area contributed by atoms with Crippen molar-refractivity contribution in [1.82, 2.24) is 24.6 Å². The van der Waals surface area contributed by atoms with Crippen molar-refractivity contribution in [1.29, 1.82) is 0 Å². The molecule has 1 fully saturated rings. The molecule has 3 aromatic rings. The number of rotatable bonds is 10. The standard InChI is InChI=1S/C23H30N9O8P/c1-13(21(35)39-22(2,3)4)29-41(36,40-14-8-6-5-7-9-14)37-10-23(30-31-25)17(34)16(33)20(38-23)32-12-28-15-18(24)26-11-27-19(15)32/h5-9,11-13,16-17,20,33-34H,10H2,1-4H3,(H,29,36)(H2,24,26,27)/t13-,16+,17-,20+,23+,41?/m0/s1. The summed E-state index contributed by atoms with van der Waals surface area (Å²) in [6.07, 6.45) is -2.54. The van der Waals surface area contributed by atoms with Crippen molar-refractivity contribution in [2.24, 2.45) is 5.11 Å². The Bertz CT molecular complexity index is 1490. The SMILES string of the molecule is C[C@H](NP(=O)(OC[C@@]1(N=[N+]=[N-])O[C@@H](n2cnc3c(N)ncnc32)[C@H](O)[C@@H]1O)Oc1ccccc1)C(=O)OC(C)(C)C. The highest BCUT2D eigenvalue weighted by Gasteiger charge is 2.56. The molecule has 1 aromatic carbocycles. The van der Waals surface area contributed by atoms with Crippen LogP contribution in [0.5, 0.6) is 5.75 Å². The number of anilines is 1. The number of nitrogens with one attached hydrogen (secondary N) is 1. The summed E-state index contributed by atoms with van der Waals surface area (Å²) >= 11 is 0. The zero-order valence-electron chi connectivity index (χ0n) is 22.6. The summed E-state index contributed by atoms with van der Waals surface area (Å²) in [4.78, 5) is 27.4. The van der Waals surface area contributed by atoms with E-state index in [2.05, 4.69) is 30.1 Å². The smallest absolute Gasteiger partial charge is 0.459 e. The van der Waals surface area contributed by atoms with Gasteiger partial charge >= 0.3 is 13.7 Å². The molecule has 5 N–H and O–H groups in total. The van der Waals surface area contributed by atoms with Crippen LogP contribution in [-0.2, 0) is 23.4 Å². The lowest BCUT2D eigenvalue weighted by Crippen LogP contribution is -2.46. The number of nitrogens with zero attached hydrogens (tertiary/aromatic N) is 7. The van der Waals surface area contributed by atoms with Gasteiger partial charge in [0.2, 0.25) is 5.72 Å². The maximum Gasteiger partial charge on any atom is 0.459 e. The van der Waals surface area contributed by atoms with Gasteiger partial charge in [0.05, 0.1) is 12.9 Å². The number of aromatic nitrogens is 4. The van der Waals surface area contributed by atoms with Crippen LogP contribution < -0.4 is 15.3 Å². The third-order valence-electron chi connectivity index (χ3n) is 5.80. The first kappa shape index (κ1) is 30.1. The summed E-state index contributed by atoms with van der Waals surface area (Å²) in [6.45, 7) is 5.51. The normalized spacial score (nSPS) is 24.8. The predicted octanol–water partition coefficient (Wildman–Crippen LogP) is 2.19. The second-order valence-corrected chi connectivity index (χ2v) is 11.8. The van der Waals surface area contributed by atoms with Crippen LogP contribution >= 0.6 is 7.75 Å². The largest absolute Gasteiger partial charge is 0.459 e. The minimum absolute atomic E-state index is 0.0654. The lowest BCUT2D eigenvalue weighted by molar-refractivity contribution is -0.156. The Morgan fingerprint density at radius 3 is 2.68 bits per heavy atom. The number of hydrogen-bond donors (Lipinski definition) is 4. The Labute approximate surface area is 233 Å². The predicted molar refractivity (Wildman–Crippen MR) is 143 cm³/mol. The Hall–Kier alpha value is -3.82. The molecule has 4 rings (SSSR count). The van der Waals surface area contributed by atoms with Gasteiger partial charge in [0, 0.05) is 4.91 Å². The molecule has 1 saturated heterocycles. The number of carbonyl (C=O) groups is 1. The van der Waals surface area contributed by atoms with Crippen LogP contribution in [0.3, 0.4) is 0 Å². The molecule has 220 valence electrons. The van der Waals surface area contributed by atoms with E-state index in [-0.39, 0.29) is 22.7 Å². The maximum absolute atomic E-state index is 13.9. The molecule has 0 saturated carbocycles. The van der Waals surface area contributed by atoms with Gasteiger partial charge in [-0.3, -0.25) is 13.9 Å². The average Bonchev–Trinajstić information content (AvgIpc) is 3.43. The van der Waals surface area contributed by atoms with Crippen molar-refractivity contribution in [2.45, 2.75) is 63.5 Å². The number of benzene rings is 1. The van der Waals surface area contributed by atoms with E-state index in [0.717, 1.165) is 0 Å². The number of esters is 1. The van der Waals surface area contributed by atoms with Crippen molar-refractivity contribution >= 4 is 30.7 Å². The molecule has 1 unspecified atom stereocenters. The molecule has 2 aromatic heterocycles. The molecule has 0 radical (unpaired) electrons. The second-order valence-electron chi connectivity index (χ2n) is 10.1. The van der Waals surface area contributed by atoms with Crippen molar-refractivity contribution in [3.63, 3.8) is 0 Å². The summed E-state index contributed by atoms with van der Waals surface area (Å²) in [5.41, 5.74) is 12.4. The van der Waals surface area contributed by atoms with Gasteiger partial charge in [0.15, 0.2) is 17.7 Å². The van der Waals surface area contributed by atoms with Crippen molar-refractivity contribution in [2.75, 3.05) is 12.3 Å². The van der Waals surface area contributed by atoms with Gasteiger partial charge in [-0.05, 0) is 45.4 Å². The first-order chi connectivity index (χ1) is 19.3. The summed E-state index contributed by atoms with van der Waals surface area (Å²) in [5, 5.41) is 27.9. The van der Waals surface area contributed by atoms with Crippen LogP contribution in [0, 0.1) is 0 Å². The second kappa shape index (κ2) is 11.6. The number of fused-ring (bicyclic) bond motifs is 1. The minimum atomic E-state index is -4.47. The van der Waals surface area contributed by atoms with Crippen molar-refractivity contribution in [3.05, 3.63) is 53.4 Å². The monoisotopic (exact) mass is 591 g/mol. The summed E-state index contributed by atoms with van der Waals surface area (Å²) in [7, 11) is -4.47. The molecule has 6 atom stereocenters. The van der Waals surface area contributed by atoms with Gasteiger partial charge in [-0.15, -0.1) is 0 Å². The van der Waals surface area contributed by atoms with E-state index in [1.165, 1.54) is 36.3 Å². The third kappa shape index (κ3) is 6.57. The van der Waals surface area contributed by atoms with Gasteiger partial charge in [0.1, 0.15) is 41.4 Å². The number of carbonyl (C=O) groups excluding carboxylic acids is 1. The van der Waals surface area contributed by atoms with Crippen LogP contribution in [0.4, 0.5) is 5.82 Å². The Balaban J connectivity index is 1.62. The molecule has 0 aliphatic carbocycles. The average molecular weight is 592 g/mol. The van der Waals surface area contributed by atoms with Crippen molar-refractivity contribution in [3.8, 4) is 5.75 Å². The van der Waals surface area contributed by atoms with E-state index in [9.17, 15) is 25.1 Å². The topological polar surface area (TPSA) is 242 Å². The highest BCUT2D eigenvalue weighted by Crippen LogP contribution is 2.48. The molecular formula is C23H30N9O8P. The number of hydrogen-bond acceptors (Lipinski definition) is 13. The van der Waals surface area contributed by atoms with Crippen LogP contribution in [-0.4, -0.2) is 71.9 Å². The molecular weight excluding hydrogens is 561 g/mol. The third-order valence-corrected chi connectivity index (χ3v) is 7.42. The zero-order chi connectivity index (χ0) is 30.0. The van der Waals surface area contributed by atoms with E-state index in [1.54, 1.807) is 39.0 Å². The van der Waals surface area contributed by atoms with Crippen LogP contribution in [0.2, 0.25) is 0 Å². The van der Waals surface area contributed by atoms with E-state index >= 15 is 0 Å². The fourth-order valence-corrected chi connectivity index (χ4v) is 5.44. The van der Waals surface area contributed by atoms with Crippen LogP contribution in [0.25, 0.3) is 21.6 Å². The fourth-order valence-electron chi connectivity index (χ4n) is 3.92. The lowest BCUT2D eigenvalue weighted by atomic mass is 10.1. The summed E-state index contributed by atoms with van der Waals surface area (Å²) in [6, 6.07) is 6.75. The van der Waals surface area contributed by atoms with Crippen LogP contribution in [0.15, 0.2) is 48.1 Å². The van der Waals surface area contributed by atoms with E-state index in [4.69, 9.17) is 24.3 Å². The fraction of sp³-hybridized carbons (Fsp3) is 0.478. The van der Waals surface area contributed by atoms with Gasteiger partial charge in [-0.25, -0.2) is 19.5 Å². The van der Waals surface area contributed by atoms with E-state index in [1.807, 2.05) is 0 Å². The quantitative estimate of drug-likeness (QED) is 0.0869. The number of nitrogen functional groups attached to an aromatic ring is 1. The molecule has 17 nitrogen and oxygen atoms in total. The number of aliphatic hydroxyl groups excluding tert-OH is 2. The highest BCUT2D eigenvalue weighted by atomic mass is 31.2. The van der Waals surface area contributed by atoms with Crippen LogP contribution in [0.1, 0.15) is 33.9 Å². The minimum Gasteiger partial charge on any atom is -0.459 e. The van der Waals surface area contributed by atoms with Gasteiger partial charge in [0.25, 0.3) is 0 Å². The van der Waals surface area contributed by atoms with E-state index < -0.39 is 56.1 Å². The molecule has 1 aliphatic heterocycles. The van der Waals surface area contributed by atoms with Crippen molar-refractivity contribution < 1.29 is 38.1 Å². The highest BCUT2D eigenvalue weighted by molar-refractivity contribution is 7.52. The molecule has 0 spiro atoms. The number of ether oxygens (including phenoxy) is 2. The van der Waals surface area contributed by atoms with Gasteiger partial charge in [-0.2, -0.15) is 5.09 Å². The first-order valence-corrected chi connectivity index (χ1v) is 13.8. The Morgan fingerprint density at radius 2 is 2.02 bits per heavy atom. The van der Waals surface area contributed by atoms with Gasteiger partial charge < -0.3 is 29.9 Å². The molecule has 1 aliphatic rings.